The molecule has 19 heavy (non-hydrogen) atoms. The van der Waals surface area contributed by atoms with Gasteiger partial charge in [0.05, 0.1) is 6.10 Å². The van der Waals surface area contributed by atoms with Gasteiger partial charge in [-0.3, -0.25) is 4.74 Å². The number of hydrogen-bond acceptors (Lipinski definition) is 4. The van der Waals surface area contributed by atoms with Crippen LogP contribution in [0.5, 0.6) is 0 Å². The average molecular weight is 275 g/mol. The molecule has 0 aliphatic heterocycles. The predicted octanol–water partition coefficient (Wildman–Crippen LogP) is 2.04. The number of aromatic nitrogens is 1. The maximum Gasteiger partial charge on any atom is 0.522 e. The third kappa shape index (κ3) is 3.36. The van der Waals surface area contributed by atoms with Crippen LogP contribution in [-0.4, -0.2) is 30.5 Å². The molecule has 1 aromatic heterocycles. The van der Waals surface area contributed by atoms with E-state index in [1.165, 1.54) is 0 Å². The summed E-state index contributed by atoms with van der Waals surface area (Å²) >= 11 is 0. The Bertz CT molecular complexity index is 432. The number of nitrogens with two attached hydrogens (primary N) is 1. The van der Waals surface area contributed by atoms with Crippen molar-refractivity contribution >= 4 is 5.82 Å². The van der Waals surface area contributed by atoms with Gasteiger partial charge in [0.15, 0.2) is 0 Å². The number of hydrogen-bond donors (Lipinski definition) is 1. The lowest BCUT2D eigenvalue weighted by molar-refractivity contribution is -0.351. The highest BCUT2D eigenvalue weighted by Gasteiger charge is 2.41. The summed E-state index contributed by atoms with van der Waals surface area (Å²) < 4.78 is 40.1. The van der Waals surface area contributed by atoms with Crippen molar-refractivity contribution in [2.24, 2.45) is 5.73 Å². The molecule has 0 bridgehead atoms. The van der Waals surface area contributed by atoms with Crippen molar-refractivity contribution in [3.8, 4) is 0 Å². The molecular weight excluding hydrogens is 259 g/mol. The predicted molar refractivity (Wildman–Crippen MR) is 64.5 cm³/mol. The van der Waals surface area contributed by atoms with Crippen molar-refractivity contribution < 1.29 is 17.9 Å². The fourth-order valence-electron chi connectivity index (χ4n) is 2.22. The van der Waals surface area contributed by atoms with Gasteiger partial charge in [0.1, 0.15) is 5.82 Å². The Labute approximate surface area is 109 Å². The zero-order valence-corrected chi connectivity index (χ0v) is 10.5. The van der Waals surface area contributed by atoms with Gasteiger partial charge in [-0.2, -0.15) is 0 Å². The normalized spacial score (nSPS) is 23.0. The maximum atomic E-state index is 12.0. The van der Waals surface area contributed by atoms with Crippen LogP contribution in [0.1, 0.15) is 18.4 Å². The first kappa shape index (κ1) is 14.1. The Morgan fingerprint density at radius 1 is 1.47 bits per heavy atom. The van der Waals surface area contributed by atoms with Crippen LogP contribution in [-0.2, 0) is 11.3 Å². The fourth-order valence-corrected chi connectivity index (χ4v) is 2.22. The minimum absolute atomic E-state index is 0.00699. The van der Waals surface area contributed by atoms with Crippen molar-refractivity contribution in [2.75, 3.05) is 11.9 Å². The van der Waals surface area contributed by atoms with E-state index in [-0.39, 0.29) is 6.04 Å². The molecule has 7 heteroatoms. The molecule has 0 unspecified atom stereocenters. The molecule has 4 nitrogen and oxygen atoms in total. The molecule has 2 rings (SSSR count). The Balaban J connectivity index is 1.94. The molecule has 1 fully saturated rings. The first-order valence-electron chi connectivity index (χ1n) is 6.02. The summed E-state index contributed by atoms with van der Waals surface area (Å²) in [5, 5.41) is 0. The SMILES string of the molecule is CN(c1ncccc1CN)C1CC(OC(F)(F)F)C1. The second kappa shape index (κ2) is 5.34. The minimum atomic E-state index is -4.55. The molecule has 1 heterocycles. The monoisotopic (exact) mass is 275 g/mol. The molecule has 1 aliphatic carbocycles. The number of halogens is 3. The highest BCUT2D eigenvalue weighted by Crippen LogP contribution is 2.34. The molecule has 1 saturated carbocycles. The van der Waals surface area contributed by atoms with Crippen molar-refractivity contribution in [3.63, 3.8) is 0 Å². The number of anilines is 1. The molecular formula is C12H16F3N3O. The van der Waals surface area contributed by atoms with Gasteiger partial charge >= 0.3 is 6.36 Å². The molecule has 106 valence electrons. The third-order valence-electron chi connectivity index (χ3n) is 3.34. The van der Waals surface area contributed by atoms with E-state index in [9.17, 15) is 13.2 Å². The van der Waals surface area contributed by atoms with Gasteiger partial charge in [0.25, 0.3) is 0 Å². The molecule has 0 radical (unpaired) electrons. The van der Waals surface area contributed by atoms with E-state index >= 15 is 0 Å². The summed E-state index contributed by atoms with van der Waals surface area (Å²) in [6.45, 7) is 0.350. The fraction of sp³-hybridized carbons (Fsp3) is 0.583. The lowest BCUT2D eigenvalue weighted by Gasteiger charge is -2.41. The number of ether oxygens (including phenoxy) is 1. The second-order valence-corrected chi connectivity index (χ2v) is 4.61. The Hall–Kier alpha value is -1.34. The maximum absolute atomic E-state index is 12.0. The highest BCUT2D eigenvalue weighted by atomic mass is 19.4. The molecule has 0 amide bonds. The minimum Gasteiger partial charge on any atom is -0.356 e. The largest absolute Gasteiger partial charge is 0.522 e. The average Bonchev–Trinajstić information content (AvgIpc) is 2.31. The molecule has 1 aliphatic rings. The van der Waals surface area contributed by atoms with Gasteiger partial charge in [-0.1, -0.05) is 6.07 Å². The molecule has 0 atom stereocenters. The van der Waals surface area contributed by atoms with Crippen LogP contribution in [0.2, 0.25) is 0 Å². The third-order valence-corrected chi connectivity index (χ3v) is 3.34. The van der Waals surface area contributed by atoms with Gasteiger partial charge in [0.2, 0.25) is 0 Å². The second-order valence-electron chi connectivity index (χ2n) is 4.61. The Morgan fingerprint density at radius 3 is 2.74 bits per heavy atom. The van der Waals surface area contributed by atoms with Gasteiger partial charge in [-0.25, -0.2) is 4.98 Å². The topological polar surface area (TPSA) is 51.4 Å². The number of nitrogens with zero attached hydrogens (tertiary/aromatic N) is 2. The smallest absolute Gasteiger partial charge is 0.356 e. The zero-order chi connectivity index (χ0) is 14.0. The standard InChI is InChI=1S/C12H16F3N3O/c1-18(11-8(7-16)3-2-4-17-11)9-5-10(6-9)19-12(13,14)15/h2-4,9-10H,5-7,16H2,1H3. The van der Waals surface area contributed by atoms with Crippen LogP contribution in [0.3, 0.4) is 0 Å². The van der Waals surface area contributed by atoms with Crippen molar-refractivity contribution in [1.82, 2.24) is 4.98 Å². The Kier molecular flexibility index (Phi) is 3.96. The van der Waals surface area contributed by atoms with Gasteiger partial charge < -0.3 is 10.6 Å². The summed E-state index contributed by atoms with van der Waals surface area (Å²) in [4.78, 5) is 6.11. The van der Waals surface area contributed by atoms with E-state index in [2.05, 4.69) is 9.72 Å². The van der Waals surface area contributed by atoms with Crippen LogP contribution >= 0.6 is 0 Å². The first-order chi connectivity index (χ1) is 8.90. The van der Waals surface area contributed by atoms with E-state index in [0.29, 0.717) is 19.4 Å². The van der Waals surface area contributed by atoms with E-state index in [1.807, 2.05) is 18.0 Å². The number of alkyl halides is 3. The van der Waals surface area contributed by atoms with Gasteiger partial charge in [-0.05, 0) is 18.9 Å². The summed E-state index contributed by atoms with van der Waals surface area (Å²) in [6, 6.07) is 3.66. The molecule has 0 saturated heterocycles. The van der Waals surface area contributed by atoms with E-state index in [1.54, 1.807) is 12.3 Å². The van der Waals surface area contributed by atoms with E-state index in [0.717, 1.165) is 11.4 Å². The number of rotatable bonds is 4. The van der Waals surface area contributed by atoms with Gasteiger partial charge in [0, 0.05) is 31.4 Å². The van der Waals surface area contributed by atoms with E-state index in [4.69, 9.17) is 5.73 Å². The summed E-state index contributed by atoms with van der Waals surface area (Å²) in [5.74, 6) is 0.723. The summed E-state index contributed by atoms with van der Waals surface area (Å²) in [6.07, 6.45) is -2.97. The zero-order valence-electron chi connectivity index (χ0n) is 10.5. The number of pyridine rings is 1. The quantitative estimate of drug-likeness (QED) is 0.913. The summed E-state index contributed by atoms with van der Waals surface area (Å²) in [7, 11) is 1.82. The van der Waals surface area contributed by atoms with Crippen LogP contribution in [0.4, 0.5) is 19.0 Å². The first-order valence-corrected chi connectivity index (χ1v) is 6.02. The van der Waals surface area contributed by atoms with Crippen molar-refractivity contribution in [2.45, 2.75) is 37.9 Å². The van der Waals surface area contributed by atoms with Crippen LogP contribution in [0.15, 0.2) is 18.3 Å². The van der Waals surface area contributed by atoms with Crippen LogP contribution < -0.4 is 10.6 Å². The lowest BCUT2D eigenvalue weighted by Crippen LogP contribution is -2.48. The molecule has 2 N–H and O–H groups in total. The molecule has 0 aromatic carbocycles. The molecule has 0 spiro atoms. The lowest BCUT2D eigenvalue weighted by atomic mass is 9.88. The van der Waals surface area contributed by atoms with Gasteiger partial charge in [-0.15, -0.1) is 13.2 Å². The molecule has 1 aromatic rings. The van der Waals surface area contributed by atoms with Crippen LogP contribution in [0, 0.1) is 0 Å². The van der Waals surface area contributed by atoms with Crippen molar-refractivity contribution in [1.29, 1.82) is 0 Å². The highest BCUT2D eigenvalue weighted by molar-refractivity contribution is 5.47. The van der Waals surface area contributed by atoms with E-state index < -0.39 is 12.5 Å². The Morgan fingerprint density at radius 2 is 2.16 bits per heavy atom. The van der Waals surface area contributed by atoms with Crippen LogP contribution in [0.25, 0.3) is 0 Å². The summed E-state index contributed by atoms with van der Waals surface area (Å²) in [5.41, 5.74) is 6.50. The van der Waals surface area contributed by atoms with Crippen molar-refractivity contribution in [3.05, 3.63) is 23.9 Å².